The number of pyridine rings is 1. The van der Waals surface area contributed by atoms with Crippen molar-refractivity contribution in [2.45, 2.75) is 32.4 Å². The molecular weight excluding hydrogens is 384 g/mol. The molecule has 0 spiro atoms. The number of nitrogens with zero attached hydrogens (tertiary/aromatic N) is 2. The highest BCUT2D eigenvalue weighted by atomic mass is 16.5. The quantitative estimate of drug-likeness (QED) is 0.311. The van der Waals surface area contributed by atoms with Crippen LogP contribution in [0.1, 0.15) is 37.6 Å². The number of carbonyl (C=O) groups is 2. The first-order chi connectivity index (χ1) is 14.4. The van der Waals surface area contributed by atoms with Crippen molar-refractivity contribution in [3.8, 4) is 5.75 Å². The molecule has 1 unspecified atom stereocenters. The zero-order valence-electron chi connectivity index (χ0n) is 17.4. The molecule has 0 radical (unpaired) electrons. The zero-order valence-corrected chi connectivity index (χ0v) is 17.4. The molecule has 1 fully saturated rings. The predicted octanol–water partition coefficient (Wildman–Crippen LogP) is 3.33. The number of Topliss-reactive ketones (excluding diaryl/α,β-unsaturated/α-hetero) is 1. The lowest BCUT2D eigenvalue weighted by Crippen LogP contribution is -2.31. The van der Waals surface area contributed by atoms with E-state index in [4.69, 9.17) is 9.47 Å². The maximum absolute atomic E-state index is 12.9. The van der Waals surface area contributed by atoms with Crippen LogP contribution < -0.4 is 4.74 Å². The van der Waals surface area contributed by atoms with Crippen LogP contribution in [0.3, 0.4) is 0 Å². The molecule has 1 saturated heterocycles. The fourth-order valence-electron chi connectivity index (χ4n) is 3.44. The Labute approximate surface area is 175 Å². The SMILES string of the molecule is COc1cccc(/C(O)=C2\C(=O)C(=O)N(CCCOC(C)C)C2c2ccccn2)c1. The van der Waals surface area contributed by atoms with Gasteiger partial charge in [0.1, 0.15) is 17.6 Å². The molecule has 0 bridgehead atoms. The van der Waals surface area contributed by atoms with Gasteiger partial charge in [-0.1, -0.05) is 18.2 Å². The van der Waals surface area contributed by atoms with Crippen LogP contribution in [0.2, 0.25) is 0 Å². The number of aliphatic hydroxyl groups is 1. The lowest BCUT2D eigenvalue weighted by atomic mass is 9.98. The topological polar surface area (TPSA) is 89.0 Å². The monoisotopic (exact) mass is 410 g/mol. The number of carbonyl (C=O) groups excluding carboxylic acids is 2. The van der Waals surface area contributed by atoms with Gasteiger partial charge >= 0.3 is 0 Å². The molecule has 3 rings (SSSR count). The molecule has 1 aliphatic rings. The van der Waals surface area contributed by atoms with Crippen molar-refractivity contribution < 1.29 is 24.2 Å². The van der Waals surface area contributed by atoms with Crippen LogP contribution in [0.25, 0.3) is 5.76 Å². The Hall–Kier alpha value is -3.19. The highest BCUT2D eigenvalue weighted by molar-refractivity contribution is 6.46. The lowest BCUT2D eigenvalue weighted by Gasteiger charge is -2.24. The minimum absolute atomic E-state index is 0.0248. The summed E-state index contributed by atoms with van der Waals surface area (Å²) in [5.74, 6) is -1.09. The van der Waals surface area contributed by atoms with Gasteiger partial charge in [0.2, 0.25) is 0 Å². The maximum atomic E-state index is 12.9. The summed E-state index contributed by atoms with van der Waals surface area (Å²) in [5.41, 5.74) is 0.944. The Morgan fingerprint density at radius 1 is 1.20 bits per heavy atom. The van der Waals surface area contributed by atoms with Gasteiger partial charge in [0.25, 0.3) is 11.7 Å². The van der Waals surface area contributed by atoms with Gasteiger partial charge in [0.15, 0.2) is 0 Å². The van der Waals surface area contributed by atoms with Gasteiger partial charge in [0, 0.05) is 24.9 Å². The molecular formula is C23H26N2O5. The van der Waals surface area contributed by atoms with Gasteiger partial charge in [-0.3, -0.25) is 14.6 Å². The largest absolute Gasteiger partial charge is 0.507 e. The lowest BCUT2D eigenvalue weighted by molar-refractivity contribution is -0.140. The second kappa shape index (κ2) is 9.54. The van der Waals surface area contributed by atoms with Gasteiger partial charge in [-0.05, 0) is 44.5 Å². The summed E-state index contributed by atoms with van der Waals surface area (Å²) in [7, 11) is 1.52. The summed E-state index contributed by atoms with van der Waals surface area (Å²) in [6.45, 7) is 4.65. The summed E-state index contributed by atoms with van der Waals surface area (Å²) in [4.78, 5) is 31.5. The van der Waals surface area contributed by atoms with Crippen LogP contribution in [0.5, 0.6) is 5.75 Å². The van der Waals surface area contributed by atoms with Crippen molar-refractivity contribution >= 4 is 17.4 Å². The average molecular weight is 410 g/mol. The summed E-state index contributed by atoms with van der Waals surface area (Å²) < 4.78 is 10.8. The number of ketones is 1. The van der Waals surface area contributed by atoms with Crippen molar-refractivity contribution in [3.63, 3.8) is 0 Å². The molecule has 158 valence electrons. The number of rotatable bonds is 8. The van der Waals surface area contributed by atoms with Gasteiger partial charge in [-0.25, -0.2) is 0 Å². The zero-order chi connectivity index (χ0) is 21.7. The highest BCUT2D eigenvalue weighted by Gasteiger charge is 2.46. The number of aromatic nitrogens is 1. The third kappa shape index (κ3) is 4.52. The van der Waals surface area contributed by atoms with Crippen molar-refractivity contribution in [2.75, 3.05) is 20.3 Å². The summed E-state index contributed by atoms with van der Waals surface area (Å²) in [6.07, 6.45) is 2.25. The second-order valence-corrected chi connectivity index (χ2v) is 7.25. The Balaban J connectivity index is 2.01. The van der Waals surface area contributed by atoms with Crippen LogP contribution in [-0.4, -0.2) is 53.0 Å². The molecule has 2 heterocycles. The maximum Gasteiger partial charge on any atom is 0.295 e. The van der Waals surface area contributed by atoms with E-state index in [9.17, 15) is 14.7 Å². The van der Waals surface area contributed by atoms with Crippen molar-refractivity contribution in [3.05, 3.63) is 65.5 Å². The van der Waals surface area contributed by atoms with Gasteiger partial charge in [-0.2, -0.15) is 0 Å². The van der Waals surface area contributed by atoms with E-state index in [-0.39, 0.29) is 17.4 Å². The number of benzene rings is 1. The molecule has 1 atom stereocenters. The van der Waals surface area contributed by atoms with Crippen LogP contribution in [-0.2, 0) is 14.3 Å². The molecule has 0 saturated carbocycles. The Bertz CT molecular complexity index is 940. The van der Waals surface area contributed by atoms with Crippen LogP contribution in [0, 0.1) is 0 Å². The molecule has 1 aliphatic heterocycles. The average Bonchev–Trinajstić information content (AvgIpc) is 3.01. The Kier molecular flexibility index (Phi) is 6.84. The second-order valence-electron chi connectivity index (χ2n) is 7.25. The molecule has 0 aliphatic carbocycles. The predicted molar refractivity (Wildman–Crippen MR) is 112 cm³/mol. The summed E-state index contributed by atoms with van der Waals surface area (Å²) in [5, 5.41) is 11.0. The molecule has 1 N–H and O–H groups in total. The number of aliphatic hydroxyl groups excluding tert-OH is 1. The Morgan fingerprint density at radius 2 is 2.00 bits per heavy atom. The fraction of sp³-hybridized carbons (Fsp3) is 0.348. The van der Waals surface area contributed by atoms with E-state index < -0.39 is 17.7 Å². The molecule has 2 aromatic rings. The van der Waals surface area contributed by atoms with E-state index in [2.05, 4.69) is 4.98 Å². The van der Waals surface area contributed by atoms with Gasteiger partial charge in [0.05, 0.1) is 24.5 Å². The number of hydrogen-bond acceptors (Lipinski definition) is 6. The smallest absolute Gasteiger partial charge is 0.295 e. The van der Waals surface area contributed by atoms with E-state index in [0.717, 1.165) is 0 Å². The van der Waals surface area contributed by atoms with Crippen LogP contribution in [0.15, 0.2) is 54.2 Å². The number of hydrogen-bond donors (Lipinski definition) is 1. The first-order valence-electron chi connectivity index (χ1n) is 9.89. The molecule has 7 heteroatoms. The minimum Gasteiger partial charge on any atom is -0.507 e. The minimum atomic E-state index is -0.767. The number of ether oxygens (including phenoxy) is 2. The van der Waals surface area contributed by atoms with Crippen molar-refractivity contribution in [1.82, 2.24) is 9.88 Å². The van der Waals surface area contributed by atoms with E-state index in [1.807, 2.05) is 13.8 Å². The summed E-state index contributed by atoms with van der Waals surface area (Å²) in [6, 6.07) is 11.3. The number of amides is 1. The van der Waals surface area contributed by atoms with E-state index in [1.54, 1.807) is 48.7 Å². The highest BCUT2D eigenvalue weighted by Crippen LogP contribution is 2.38. The molecule has 1 aromatic heterocycles. The fourth-order valence-corrected chi connectivity index (χ4v) is 3.44. The standard InChI is InChI=1S/C23H26N2O5/c1-15(2)30-13-7-12-25-20(18-10-4-5-11-24-18)19(22(27)23(25)28)21(26)16-8-6-9-17(14-16)29-3/h4-6,8-11,14-15,20,26H,7,12-13H2,1-3H3/b21-19+. The van der Waals surface area contributed by atoms with E-state index >= 15 is 0 Å². The first kappa shape index (κ1) is 21.5. The van der Waals surface area contributed by atoms with Crippen LogP contribution in [0.4, 0.5) is 0 Å². The van der Waals surface area contributed by atoms with Gasteiger partial charge in [-0.15, -0.1) is 0 Å². The molecule has 1 aromatic carbocycles. The number of likely N-dealkylation sites (tertiary alicyclic amines) is 1. The third-order valence-electron chi connectivity index (χ3n) is 4.85. The normalized spacial score (nSPS) is 18.3. The van der Waals surface area contributed by atoms with Crippen LogP contribution >= 0.6 is 0 Å². The van der Waals surface area contributed by atoms with Crippen molar-refractivity contribution in [2.24, 2.45) is 0 Å². The van der Waals surface area contributed by atoms with E-state index in [0.29, 0.717) is 36.6 Å². The third-order valence-corrected chi connectivity index (χ3v) is 4.85. The van der Waals surface area contributed by atoms with E-state index in [1.165, 1.54) is 12.0 Å². The molecule has 7 nitrogen and oxygen atoms in total. The number of methoxy groups -OCH3 is 1. The van der Waals surface area contributed by atoms with Gasteiger partial charge < -0.3 is 19.5 Å². The Morgan fingerprint density at radius 3 is 2.67 bits per heavy atom. The van der Waals surface area contributed by atoms with Crippen molar-refractivity contribution in [1.29, 1.82) is 0 Å². The first-order valence-corrected chi connectivity index (χ1v) is 9.89. The summed E-state index contributed by atoms with van der Waals surface area (Å²) >= 11 is 0. The molecule has 30 heavy (non-hydrogen) atoms. The molecule has 1 amide bonds.